The zero-order chi connectivity index (χ0) is 13.0. The lowest BCUT2D eigenvalue weighted by Crippen LogP contribution is -2.01. The number of halogens is 1. The van der Waals surface area contributed by atoms with E-state index >= 15 is 0 Å². The number of methoxy groups -OCH3 is 1. The molecule has 94 valence electrons. The summed E-state index contributed by atoms with van der Waals surface area (Å²) in [6.07, 6.45) is 1.74. The summed E-state index contributed by atoms with van der Waals surface area (Å²) < 4.78 is 6.30. The first-order valence-electron chi connectivity index (χ1n) is 5.65. The second kappa shape index (κ2) is 5.82. The maximum Gasteiger partial charge on any atom is 0.165 e. The van der Waals surface area contributed by atoms with E-state index in [0.717, 1.165) is 28.1 Å². The Hall–Kier alpha value is -1.62. The van der Waals surface area contributed by atoms with Crippen LogP contribution < -0.4 is 10.1 Å². The molecule has 1 N–H and O–H groups in total. The average Bonchev–Trinajstić information content (AvgIpc) is 2.39. The van der Waals surface area contributed by atoms with Crippen molar-refractivity contribution in [2.24, 2.45) is 0 Å². The van der Waals surface area contributed by atoms with Gasteiger partial charge in [-0.2, -0.15) is 0 Å². The minimum atomic E-state index is 0.645. The fourth-order valence-corrected chi connectivity index (χ4v) is 1.98. The van der Waals surface area contributed by atoms with Crippen LogP contribution in [0, 0.1) is 0 Å². The van der Waals surface area contributed by atoms with E-state index in [9.17, 15) is 0 Å². The summed E-state index contributed by atoms with van der Waals surface area (Å²) in [5.74, 6) is 2.21. The van der Waals surface area contributed by atoms with Gasteiger partial charge in [-0.1, -0.05) is 15.9 Å². The Kier molecular flexibility index (Phi) is 4.15. The molecule has 0 aliphatic carbocycles. The van der Waals surface area contributed by atoms with Crippen molar-refractivity contribution in [2.45, 2.75) is 6.92 Å². The molecule has 2 rings (SSSR count). The van der Waals surface area contributed by atoms with Crippen LogP contribution in [0.2, 0.25) is 0 Å². The predicted octanol–water partition coefficient (Wildman–Crippen LogP) is 3.35. The van der Waals surface area contributed by atoms with Crippen LogP contribution in [-0.2, 0) is 0 Å². The zero-order valence-electron chi connectivity index (χ0n) is 10.3. The number of hydrogen-bond donors (Lipinski definition) is 1. The average molecular weight is 308 g/mol. The number of benzene rings is 1. The van der Waals surface area contributed by atoms with Gasteiger partial charge in [0.05, 0.1) is 12.7 Å². The van der Waals surface area contributed by atoms with E-state index in [-0.39, 0.29) is 0 Å². The molecule has 4 nitrogen and oxygen atoms in total. The molecule has 0 saturated heterocycles. The standard InChI is InChI=1S/C13H14BrN3O/c1-3-15-12-6-7-16-13(17-12)10-8-9(14)4-5-11(10)18-2/h4-8H,3H2,1-2H3,(H,15,16,17). The van der Waals surface area contributed by atoms with Gasteiger partial charge in [-0.25, -0.2) is 9.97 Å². The number of rotatable bonds is 4. The number of hydrogen-bond acceptors (Lipinski definition) is 4. The Morgan fingerprint density at radius 3 is 2.89 bits per heavy atom. The summed E-state index contributed by atoms with van der Waals surface area (Å²) in [6, 6.07) is 7.61. The van der Waals surface area contributed by atoms with Gasteiger partial charge in [0.2, 0.25) is 0 Å². The highest BCUT2D eigenvalue weighted by atomic mass is 79.9. The molecule has 1 heterocycles. The molecule has 1 aromatic heterocycles. The van der Waals surface area contributed by atoms with Crippen LogP contribution in [-0.4, -0.2) is 23.6 Å². The van der Waals surface area contributed by atoms with Crippen molar-refractivity contribution in [2.75, 3.05) is 19.0 Å². The van der Waals surface area contributed by atoms with E-state index in [1.807, 2.05) is 31.2 Å². The Balaban J connectivity index is 2.47. The molecule has 0 fully saturated rings. The summed E-state index contributed by atoms with van der Waals surface area (Å²) in [6.45, 7) is 2.85. The normalized spacial score (nSPS) is 10.2. The second-order valence-corrected chi connectivity index (χ2v) is 4.56. The van der Waals surface area contributed by atoms with Gasteiger partial charge in [0.15, 0.2) is 5.82 Å². The van der Waals surface area contributed by atoms with Gasteiger partial charge in [0.1, 0.15) is 11.6 Å². The fraction of sp³-hybridized carbons (Fsp3) is 0.231. The molecular weight excluding hydrogens is 294 g/mol. The highest BCUT2D eigenvalue weighted by Gasteiger charge is 2.09. The maximum atomic E-state index is 5.33. The van der Waals surface area contributed by atoms with Gasteiger partial charge in [-0.15, -0.1) is 0 Å². The van der Waals surface area contributed by atoms with Gasteiger partial charge in [-0.3, -0.25) is 0 Å². The van der Waals surface area contributed by atoms with Gasteiger partial charge in [0.25, 0.3) is 0 Å². The third kappa shape index (κ3) is 2.79. The van der Waals surface area contributed by atoms with Crippen molar-refractivity contribution in [3.63, 3.8) is 0 Å². The fourth-order valence-electron chi connectivity index (χ4n) is 1.62. The van der Waals surface area contributed by atoms with Crippen LogP contribution in [0.4, 0.5) is 5.82 Å². The third-order valence-corrected chi connectivity index (χ3v) is 2.91. The predicted molar refractivity (Wildman–Crippen MR) is 75.9 cm³/mol. The molecule has 2 aromatic rings. The van der Waals surface area contributed by atoms with Crippen LogP contribution in [0.3, 0.4) is 0 Å². The van der Waals surface area contributed by atoms with Crippen molar-refractivity contribution < 1.29 is 4.74 Å². The molecule has 0 unspecified atom stereocenters. The van der Waals surface area contributed by atoms with Crippen LogP contribution in [0.1, 0.15) is 6.92 Å². The van der Waals surface area contributed by atoms with Gasteiger partial charge >= 0.3 is 0 Å². The summed E-state index contributed by atoms with van der Waals surface area (Å²) in [7, 11) is 1.64. The van der Waals surface area contributed by atoms with E-state index in [1.54, 1.807) is 13.3 Å². The number of nitrogens with zero attached hydrogens (tertiary/aromatic N) is 2. The quantitative estimate of drug-likeness (QED) is 0.941. The molecule has 0 saturated carbocycles. The summed E-state index contributed by atoms with van der Waals surface area (Å²) in [5.41, 5.74) is 0.867. The highest BCUT2D eigenvalue weighted by molar-refractivity contribution is 9.10. The van der Waals surface area contributed by atoms with Gasteiger partial charge in [-0.05, 0) is 31.2 Å². The van der Waals surface area contributed by atoms with Crippen LogP contribution in [0.15, 0.2) is 34.9 Å². The largest absolute Gasteiger partial charge is 0.496 e. The number of nitrogens with one attached hydrogen (secondary N) is 1. The first kappa shape index (κ1) is 12.8. The Morgan fingerprint density at radius 1 is 1.33 bits per heavy atom. The van der Waals surface area contributed by atoms with Gasteiger partial charge in [0, 0.05) is 17.2 Å². The molecule has 0 aliphatic rings. The first-order chi connectivity index (χ1) is 8.74. The molecule has 1 aromatic carbocycles. The van der Waals surface area contributed by atoms with Crippen molar-refractivity contribution in [3.05, 3.63) is 34.9 Å². The zero-order valence-corrected chi connectivity index (χ0v) is 11.9. The summed E-state index contributed by atoms with van der Waals surface area (Å²) >= 11 is 3.45. The third-order valence-electron chi connectivity index (χ3n) is 2.42. The lowest BCUT2D eigenvalue weighted by Gasteiger charge is -2.09. The molecule has 0 radical (unpaired) electrons. The van der Waals surface area contributed by atoms with E-state index in [4.69, 9.17) is 4.74 Å². The van der Waals surface area contributed by atoms with Crippen LogP contribution in [0.25, 0.3) is 11.4 Å². The lowest BCUT2D eigenvalue weighted by atomic mass is 10.2. The molecule has 0 aliphatic heterocycles. The SMILES string of the molecule is CCNc1ccnc(-c2cc(Br)ccc2OC)n1. The topological polar surface area (TPSA) is 47.0 Å². The van der Waals surface area contributed by atoms with E-state index in [2.05, 4.69) is 31.2 Å². The molecule has 5 heteroatoms. The summed E-state index contributed by atoms with van der Waals surface area (Å²) in [5, 5.41) is 3.17. The van der Waals surface area contributed by atoms with Crippen molar-refractivity contribution >= 4 is 21.7 Å². The lowest BCUT2D eigenvalue weighted by molar-refractivity contribution is 0.416. The highest BCUT2D eigenvalue weighted by Crippen LogP contribution is 2.30. The second-order valence-electron chi connectivity index (χ2n) is 3.64. The maximum absolute atomic E-state index is 5.33. The number of ether oxygens (including phenoxy) is 1. The van der Waals surface area contributed by atoms with E-state index in [1.165, 1.54) is 0 Å². The molecule has 0 amide bonds. The molecule has 18 heavy (non-hydrogen) atoms. The van der Waals surface area contributed by atoms with Crippen LogP contribution >= 0.6 is 15.9 Å². The van der Waals surface area contributed by atoms with Crippen molar-refractivity contribution in [3.8, 4) is 17.1 Å². The van der Waals surface area contributed by atoms with Crippen molar-refractivity contribution in [1.29, 1.82) is 0 Å². The first-order valence-corrected chi connectivity index (χ1v) is 6.44. The van der Waals surface area contributed by atoms with Crippen molar-refractivity contribution in [1.82, 2.24) is 9.97 Å². The Morgan fingerprint density at radius 2 is 2.17 bits per heavy atom. The molecular formula is C13H14BrN3O. The Labute approximate surface area is 115 Å². The van der Waals surface area contributed by atoms with E-state index in [0.29, 0.717) is 5.82 Å². The minimum Gasteiger partial charge on any atom is -0.496 e. The molecule has 0 spiro atoms. The molecule has 0 atom stereocenters. The minimum absolute atomic E-state index is 0.645. The van der Waals surface area contributed by atoms with Crippen LogP contribution in [0.5, 0.6) is 5.75 Å². The summed E-state index contributed by atoms with van der Waals surface area (Å²) in [4.78, 5) is 8.75. The monoisotopic (exact) mass is 307 g/mol. The van der Waals surface area contributed by atoms with E-state index < -0.39 is 0 Å². The number of anilines is 1. The Bertz CT molecular complexity index is 546. The number of aromatic nitrogens is 2. The van der Waals surface area contributed by atoms with Gasteiger partial charge < -0.3 is 10.1 Å². The molecule has 0 bridgehead atoms. The smallest absolute Gasteiger partial charge is 0.165 e.